The van der Waals surface area contributed by atoms with Crippen molar-refractivity contribution in [1.29, 1.82) is 0 Å². The minimum absolute atomic E-state index is 0.106. The molecule has 0 aliphatic heterocycles. The molecule has 2 saturated carbocycles. The Kier molecular flexibility index (Phi) is 3.21. The fourth-order valence-corrected chi connectivity index (χ4v) is 2.91. The van der Waals surface area contributed by atoms with E-state index in [0.29, 0.717) is 11.5 Å². The van der Waals surface area contributed by atoms with E-state index in [1.54, 1.807) is 6.07 Å². The van der Waals surface area contributed by atoms with Crippen molar-refractivity contribution in [2.45, 2.75) is 32.6 Å². The average Bonchev–Trinajstić information content (AvgIpc) is 3.26. The Hall–Kier alpha value is -1.51. The van der Waals surface area contributed by atoms with Crippen molar-refractivity contribution in [3.8, 4) is 5.75 Å². The van der Waals surface area contributed by atoms with Crippen LogP contribution in [0.4, 0.5) is 0 Å². The highest BCUT2D eigenvalue weighted by Crippen LogP contribution is 2.48. The van der Waals surface area contributed by atoms with Crippen molar-refractivity contribution in [3.05, 3.63) is 29.3 Å². The lowest BCUT2D eigenvalue weighted by Crippen LogP contribution is -2.31. The van der Waals surface area contributed by atoms with E-state index in [9.17, 15) is 9.90 Å². The molecule has 0 bridgehead atoms. The molecule has 1 aromatic carbocycles. The molecule has 19 heavy (non-hydrogen) atoms. The van der Waals surface area contributed by atoms with Crippen molar-refractivity contribution in [1.82, 2.24) is 5.32 Å². The van der Waals surface area contributed by atoms with E-state index in [0.717, 1.165) is 23.9 Å². The van der Waals surface area contributed by atoms with Crippen LogP contribution in [0.3, 0.4) is 0 Å². The molecular weight excluding hydrogens is 238 g/mol. The van der Waals surface area contributed by atoms with Crippen LogP contribution in [-0.4, -0.2) is 17.6 Å². The molecule has 0 heterocycles. The summed E-state index contributed by atoms with van der Waals surface area (Å²) in [6.07, 6.45) is 5.30. The van der Waals surface area contributed by atoms with Gasteiger partial charge in [0.25, 0.3) is 5.91 Å². The van der Waals surface area contributed by atoms with Gasteiger partial charge in [-0.15, -0.1) is 0 Å². The average molecular weight is 259 g/mol. The molecule has 3 rings (SSSR count). The smallest absolute Gasteiger partial charge is 0.255 e. The van der Waals surface area contributed by atoms with Gasteiger partial charge < -0.3 is 10.4 Å². The molecule has 0 spiro atoms. The second-order valence-electron chi connectivity index (χ2n) is 6.02. The second-order valence-corrected chi connectivity index (χ2v) is 6.02. The Bertz CT molecular complexity index is 478. The Balaban J connectivity index is 1.62. The molecule has 0 saturated heterocycles. The van der Waals surface area contributed by atoms with Gasteiger partial charge in [0, 0.05) is 6.54 Å². The van der Waals surface area contributed by atoms with Gasteiger partial charge in [0.05, 0.1) is 5.56 Å². The van der Waals surface area contributed by atoms with E-state index in [1.165, 1.54) is 25.7 Å². The first-order valence-electron chi connectivity index (χ1n) is 7.23. The molecule has 0 aromatic heterocycles. The van der Waals surface area contributed by atoms with Crippen LogP contribution < -0.4 is 5.32 Å². The number of aryl methyl sites for hydroxylation is 1. The number of hydrogen-bond acceptors (Lipinski definition) is 2. The van der Waals surface area contributed by atoms with Crippen molar-refractivity contribution in [2.75, 3.05) is 6.54 Å². The van der Waals surface area contributed by atoms with Crippen LogP contribution in [-0.2, 0) is 0 Å². The highest BCUT2D eigenvalue weighted by Gasteiger charge is 2.41. The maximum Gasteiger partial charge on any atom is 0.255 e. The summed E-state index contributed by atoms with van der Waals surface area (Å²) in [6, 6.07) is 5.30. The van der Waals surface area contributed by atoms with Crippen LogP contribution >= 0.6 is 0 Å². The minimum atomic E-state index is -0.146. The van der Waals surface area contributed by atoms with Gasteiger partial charge in [-0.3, -0.25) is 4.79 Å². The highest BCUT2D eigenvalue weighted by molar-refractivity contribution is 5.97. The zero-order valence-corrected chi connectivity index (χ0v) is 11.4. The SMILES string of the molecule is Cc1cccc(C(=O)NCC(C2CC2)C2CC2)c1O. The Morgan fingerprint density at radius 1 is 1.32 bits per heavy atom. The van der Waals surface area contributed by atoms with E-state index < -0.39 is 0 Å². The van der Waals surface area contributed by atoms with Crippen LogP contribution in [0.15, 0.2) is 18.2 Å². The summed E-state index contributed by atoms with van der Waals surface area (Å²) in [5, 5.41) is 12.9. The van der Waals surface area contributed by atoms with Gasteiger partial charge in [-0.05, 0) is 62.0 Å². The molecule has 2 aliphatic rings. The lowest BCUT2D eigenvalue weighted by atomic mass is 9.98. The number of aromatic hydroxyl groups is 1. The summed E-state index contributed by atoms with van der Waals surface area (Å²) >= 11 is 0. The molecule has 0 radical (unpaired) electrons. The third-order valence-corrected chi connectivity index (χ3v) is 4.44. The van der Waals surface area contributed by atoms with E-state index >= 15 is 0 Å². The summed E-state index contributed by atoms with van der Waals surface area (Å²) in [7, 11) is 0. The Labute approximate surface area is 114 Å². The number of phenolic OH excluding ortho intramolecular Hbond substituents is 1. The van der Waals surface area contributed by atoms with Crippen molar-refractivity contribution >= 4 is 5.91 Å². The second kappa shape index (κ2) is 4.87. The van der Waals surface area contributed by atoms with Crippen LogP contribution in [0.25, 0.3) is 0 Å². The van der Waals surface area contributed by atoms with E-state index in [-0.39, 0.29) is 11.7 Å². The van der Waals surface area contributed by atoms with E-state index in [2.05, 4.69) is 5.32 Å². The van der Waals surface area contributed by atoms with Gasteiger partial charge in [0.15, 0.2) is 0 Å². The topological polar surface area (TPSA) is 49.3 Å². The summed E-state index contributed by atoms with van der Waals surface area (Å²) in [5.41, 5.74) is 1.14. The molecule has 2 aliphatic carbocycles. The van der Waals surface area contributed by atoms with Crippen LogP contribution in [0.5, 0.6) is 5.75 Å². The molecule has 0 unspecified atom stereocenters. The summed E-state index contributed by atoms with van der Waals surface area (Å²) in [6.45, 7) is 2.57. The molecule has 1 amide bonds. The minimum Gasteiger partial charge on any atom is -0.507 e. The first-order valence-corrected chi connectivity index (χ1v) is 7.23. The van der Waals surface area contributed by atoms with Crippen molar-refractivity contribution in [3.63, 3.8) is 0 Å². The zero-order valence-electron chi connectivity index (χ0n) is 11.4. The van der Waals surface area contributed by atoms with Crippen LogP contribution in [0, 0.1) is 24.7 Å². The number of para-hydroxylation sites is 1. The molecule has 102 valence electrons. The largest absolute Gasteiger partial charge is 0.507 e. The first-order chi connectivity index (χ1) is 9.16. The number of carbonyl (C=O) groups is 1. The molecule has 1 aromatic rings. The zero-order chi connectivity index (χ0) is 13.4. The quantitative estimate of drug-likeness (QED) is 0.854. The molecular formula is C16H21NO2. The predicted octanol–water partition coefficient (Wildman–Crippen LogP) is 2.87. The van der Waals surface area contributed by atoms with Gasteiger partial charge in [-0.2, -0.15) is 0 Å². The van der Waals surface area contributed by atoms with Gasteiger partial charge in [0.2, 0.25) is 0 Å². The lowest BCUT2D eigenvalue weighted by molar-refractivity contribution is 0.0940. The van der Waals surface area contributed by atoms with Gasteiger partial charge in [-0.1, -0.05) is 12.1 Å². The predicted molar refractivity (Wildman–Crippen MR) is 74.1 cm³/mol. The van der Waals surface area contributed by atoms with E-state index in [4.69, 9.17) is 0 Å². The molecule has 3 heteroatoms. The molecule has 2 N–H and O–H groups in total. The first kappa shape index (κ1) is 12.5. The number of rotatable bonds is 5. The number of hydrogen-bond donors (Lipinski definition) is 2. The summed E-state index contributed by atoms with van der Waals surface area (Å²) < 4.78 is 0. The molecule has 0 atom stereocenters. The number of phenols is 1. The summed E-state index contributed by atoms with van der Waals surface area (Å²) in [4.78, 5) is 12.1. The fourth-order valence-electron chi connectivity index (χ4n) is 2.91. The van der Waals surface area contributed by atoms with Crippen LogP contribution in [0.2, 0.25) is 0 Å². The summed E-state index contributed by atoms with van der Waals surface area (Å²) in [5.74, 6) is 2.29. The number of amides is 1. The number of benzene rings is 1. The Morgan fingerprint density at radius 3 is 2.53 bits per heavy atom. The maximum absolute atomic E-state index is 12.1. The number of carbonyl (C=O) groups excluding carboxylic acids is 1. The Morgan fingerprint density at radius 2 is 1.95 bits per heavy atom. The van der Waals surface area contributed by atoms with Gasteiger partial charge in [0.1, 0.15) is 5.75 Å². The van der Waals surface area contributed by atoms with Gasteiger partial charge >= 0.3 is 0 Å². The molecule has 2 fully saturated rings. The fraction of sp³-hybridized carbons (Fsp3) is 0.562. The molecule has 3 nitrogen and oxygen atoms in total. The third kappa shape index (κ3) is 2.75. The van der Waals surface area contributed by atoms with Crippen molar-refractivity contribution in [2.24, 2.45) is 17.8 Å². The van der Waals surface area contributed by atoms with Crippen molar-refractivity contribution < 1.29 is 9.90 Å². The maximum atomic E-state index is 12.1. The van der Waals surface area contributed by atoms with E-state index in [1.807, 2.05) is 19.1 Å². The monoisotopic (exact) mass is 259 g/mol. The lowest BCUT2D eigenvalue weighted by Gasteiger charge is -2.16. The van der Waals surface area contributed by atoms with Crippen LogP contribution in [0.1, 0.15) is 41.6 Å². The third-order valence-electron chi connectivity index (χ3n) is 4.44. The highest BCUT2D eigenvalue weighted by atomic mass is 16.3. The standard InChI is InChI=1S/C16H21NO2/c1-10-3-2-4-13(15(10)18)16(19)17-9-14(11-5-6-11)12-7-8-12/h2-4,11-12,14,18H,5-9H2,1H3,(H,17,19). The van der Waals surface area contributed by atoms with Gasteiger partial charge in [-0.25, -0.2) is 0 Å². The normalized spacial score (nSPS) is 18.6. The number of nitrogens with one attached hydrogen (secondary N) is 1.